The van der Waals surface area contributed by atoms with Crippen molar-refractivity contribution in [2.75, 3.05) is 13.2 Å². The summed E-state index contributed by atoms with van der Waals surface area (Å²) in [4.78, 5) is 25.7. The molecule has 0 bridgehead atoms. The van der Waals surface area contributed by atoms with Crippen molar-refractivity contribution in [3.63, 3.8) is 0 Å². The van der Waals surface area contributed by atoms with Gasteiger partial charge in [-0.3, -0.25) is 9.59 Å². The topological polar surface area (TPSA) is 108 Å². The van der Waals surface area contributed by atoms with Crippen molar-refractivity contribution in [2.45, 2.75) is 38.0 Å². The van der Waals surface area contributed by atoms with E-state index in [4.69, 9.17) is 4.74 Å². The molecule has 0 aliphatic carbocycles. The molecule has 0 unspecified atom stereocenters. The number of hydrogen-bond donors (Lipinski definition) is 4. The highest BCUT2D eigenvalue weighted by atomic mass is 16.5. The van der Waals surface area contributed by atoms with Crippen molar-refractivity contribution >= 4 is 11.8 Å². The van der Waals surface area contributed by atoms with Crippen LogP contribution < -0.4 is 15.4 Å². The maximum Gasteiger partial charge on any atom is 0.224 e. The summed E-state index contributed by atoms with van der Waals surface area (Å²) in [6.45, 7) is 3.68. The zero-order chi connectivity index (χ0) is 27.2. The van der Waals surface area contributed by atoms with Crippen LogP contribution >= 0.6 is 0 Å². The third-order valence-corrected chi connectivity index (χ3v) is 6.19. The van der Waals surface area contributed by atoms with E-state index in [0.717, 1.165) is 22.4 Å². The van der Waals surface area contributed by atoms with Crippen LogP contribution in [0.1, 0.15) is 35.6 Å². The number of hydrogen-bond acceptors (Lipinski definition) is 5. The predicted octanol–water partition coefficient (Wildman–Crippen LogP) is 3.72. The molecule has 7 nitrogen and oxygen atoms in total. The maximum absolute atomic E-state index is 12.9. The summed E-state index contributed by atoms with van der Waals surface area (Å²) in [6, 6.07) is 25.5. The predicted molar refractivity (Wildman–Crippen MR) is 147 cm³/mol. The van der Waals surface area contributed by atoms with Crippen LogP contribution in [0.2, 0.25) is 0 Å². The first-order valence-electron chi connectivity index (χ1n) is 12.7. The summed E-state index contributed by atoms with van der Waals surface area (Å²) in [5.41, 5.74) is 2.79. The van der Waals surface area contributed by atoms with E-state index in [1.165, 1.54) is 0 Å². The fourth-order valence-electron chi connectivity index (χ4n) is 4.11. The highest BCUT2D eigenvalue weighted by Gasteiger charge is 2.25. The van der Waals surface area contributed by atoms with Crippen molar-refractivity contribution in [1.82, 2.24) is 10.6 Å². The molecule has 3 rings (SSSR count). The molecule has 0 spiro atoms. The van der Waals surface area contributed by atoms with Crippen LogP contribution in [0.25, 0.3) is 0 Å². The summed E-state index contributed by atoms with van der Waals surface area (Å²) in [6.07, 6.45) is 2.27. The molecule has 7 heteroatoms. The molecule has 0 radical (unpaired) electrons. The summed E-state index contributed by atoms with van der Waals surface area (Å²) in [7, 11) is 0. The number of ether oxygens (including phenoxy) is 1. The van der Waals surface area contributed by atoms with Gasteiger partial charge in [0, 0.05) is 6.42 Å². The fraction of sp³-hybridized carbons (Fsp3) is 0.290. The smallest absolute Gasteiger partial charge is 0.224 e. The van der Waals surface area contributed by atoms with Gasteiger partial charge in [-0.05, 0) is 41.7 Å². The van der Waals surface area contributed by atoms with Crippen molar-refractivity contribution in [1.29, 1.82) is 0 Å². The van der Waals surface area contributed by atoms with Crippen LogP contribution in [0.15, 0.2) is 97.6 Å². The molecule has 3 aromatic rings. The van der Waals surface area contributed by atoms with Crippen molar-refractivity contribution in [3.8, 4) is 5.75 Å². The molecule has 0 fully saturated rings. The Morgan fingerprint density at radius 2 is 1.50 bits per heavy atom. The number of carbonyl (C=O) groups excluding carboxylic acids is 2. The van der Waals surface area contributed by atoms with Crippen LogP contribution in [0.3, 0.4) is 0 Å². The molecule has 2 amide bonds. The monoisotopic (exact) mass is 516 g/mol. The quantitative estimate of drug-likeness (QED) is 0.230. The van der Waals surface area contributed by atoms with E-state index in [-0.39, 0.29) is 31.4 Å². The molecule has 3 atom stereocenters. The van der Waals surface area contributed by atoms with Crippen LogP contribution in [0, 0.1) is 5.92 Å². The lowest BCUT2D eigenvalue weighted by Gasteiger charge is -2.22. The van der Waals surface area contributed by atoms with E-state index in [2.05, 4.69) is 17.2 Å². The summed E-state index contributed by atoms with van der Waals surface area (Å²) in [5.74, 6) is -0.591. The normalized spacial score (nSPS) is 13.1. The molecule has 3 aromatic carbocycles. The van der Waals surface area contributed by atoms with Gasteiger partial charge in [-0.1, -0.05) is 78.9 Å². The van der Waals surface area contributed by atoms with Crippen molar-refractivity contribution in [3.05, 3.63) is 114 Å². The van der Waals surface area contributed by atoms with E-state index in [1.54, 1.807) is 6.08 Å². The number of aliphatic hydroxyl groups excluding tert-OH is 2. The number of allylic oxidation sites excluding steroid dienone is 1. The Morgan fingerprint density at radius 1 is 0.842 bits per heavy atom. The number of carbonyl (C=O) groups is 2. The minimum atomic E-state index is -0.648. The van der Waals surface area contributed by atoms with Crippen molar-refractivity contribution < 1.29 is 24.5 Å². The molecule has 0 saturated heterocycles. The Balaban J connectivity index is 1.52. The molecule has 38 heavy (non-hydrogen) atoms. The Morgan fingerprint density at radius 3 is 2.11 bits per heavy atom. The van der Waals surface area contributed by atoms with Crippen LogP contribution in [-0.2, 0) is 22.6 Å². The first-order chi connectivity index (χ1) is 18.5. The molecular weight excluding hydrogens is 480 g/mol. The Kier molecular flexibility index (Phi) is 11.6. The van der Waals surface area contributed by atoms with E-state index >= 15 is 0 Å². The van der Waals surface area contributed by atoms with E-state index in [1.807, 2.05) is 84.9 Å². The SMILES string of the molecule is C=CC[C@@H](CC(=O)N[C@H](CO)Cc1ccc(OCc2ccccc2)cc1)C(=O)N[C@@H](CO)c1ccccc1. The Hall–Kier alpha value is -3.94. The first kappa shape index (κ1) is 28.6. The number of amides is 2. The number of nitrogens with one attached hydrogen (secondary N) is 2. The van der Waals surface area contributed by atoms with Crippen LogP contribution in [0.5, 0.6) is 5.75 Å². The molecule has 0 aliphatic heterocycles. The van der Waals surface area contributed by atoms with Gasteiger partial charge < -0.3 is 25.6 Å². The van der Waals surface area contributed by atoms with Gasteiger partial charge in [0.1, 0.15) is 12.4 Å². The third kappa shape index (κ3) is 9.18. The highest BCUT2D eigenvalue weighted by Crippen LogP contribution is 2.18. The maximum atomic E-state index is 12.9. The van der Waals surface area contributed by atoms with Gasteiger partial charge in [-0.2, -0.15) is 0 Å². The lowest BCUT2D eigenvalue weighted by atomic mass is 9.98. The molecule has 0 aromatic heterocycles. The van der Waals surface area contributed by atoms with Gasteiger partial charge in [0.2, 0.25) is 11.8 Å². The summed E-state index contributed by atoms with van der Waals surface area (Å²) >= 11 is 0. The number of rotatable bonds is 15. The standard InChI is InChI=1S/C31H36N2O5/c1-2-9-26(31(37)33-29(21-35)25-12-7-4-8-13-25)19-30(36)32-27(20-34)18-23-14-16-28(17-15-23)38-22-24-10-5-3-6-11-24/h2-8,10-17,26-27,29,34-35H,1,9,18-22H2,(H,32,36)(H,33,37)/t26-,27-,29-/m0/s1. The van der Waals surface area contributed by atoms with Gasteiger partial charge in [0.15, 0.2) is 0 Å². The molecule has 200 valence electrons. The lowest BCUT2D eigenvalue weighted by Crippen LogP contribution is -2.42. The second kappa shape index (κ2) is 15.3. The first-order valence-corrected chi connectivity index (χ1v) is 12.7. The minimum Gasteiger partial charge on any atom is -0.489 e. The van der Waals surface area contributed by atoms with Gasteiger partial charge in [0.25, 0.3) is 0 Å². The van der Waals surface area contributed by atoms with Gasteiger partial charge in [0.05, 0.1) is 31.2 Å². The van der Waals surface area contributed by atoms with Crippen LogP contribution in [-0.4, -0.2) is 41.3 Å². The number of aliphatic hydroxyl groups is 2. The number of benzene rings is 3. The van der Waals surface area contributed by atoms with E-state index in [0.29, 0.717) is 19.4 Å². The van der Waals surface area contributed by atoms with E-state index in [9.17, 15) is 19.8 Å². The average Bonchev–Trinajstić information content (AvgIpc) is 2.95. The molecular formula is C31H36N2O5. The highest BCUT2D eigenvalue weighted by molar-refractivity contribution is 5.86. The van der Waals surface area contributed by atoms with Gasteiger partial charge >= 0.3 is 0 Å². The zero-order valence-corrected chi connectivity index (χ0v) is 21.5. The zero-order valence-electron chi connectivity index (χ0n) is 21.5. The molecule has 0 saturated carbocycles. The summed E-state index contributed by atoms with van der Waals surface area (Å²) < 4.78 is 5.82. The fourth-order valence-corrected chi connectivity index (χ4v) is 4.11. The van der Waals surface area contributed by atoms with E-state index < -0.39 is 18.0 Å². The molecule has 4 N–H and O–H groups in total. The molecule has 0 aliphatic rings. The lowest BCUT2D eigenvalue weighted by molar-refractivity contribution is -0.131. The second-order valence-electron chi connectivity index (χ2n) is 9.15. The Labute approximate surface area is 224 Å². The average molecular weight is 517 g/mol. The second-order valence-corrected chi connectivity index (χ2v) is 9.15. The summed E-state index contributed by atoms with van der Waals surface area (Å²) in [5, 5.41) is 25.3. The minimum absolute atomic E-state index is 0.0619. The Bertz CT molecular complexity index is 1140. The third-order valence-electron chi connectivity index (χ3n) is 6.19. The molecule has 0 heterocycles. The van der Waals surface area contributed by atoms with Crippen LogP contribution in [0.4, 0.5) is 0 Å². The van der Waals surface area contributed by atoms with Gasteiger partial charge in [-0.25, -0.2) is 0 Å². The van der Waals surface area contributed by atoms with Gasteiger partial charge in [-0.15, -0.1) is 6.58 Å². The largest absolute Gasteiger partial charge is 0.489 e. The van der Waals surface area contributed by atoms with Crippen molar-refractivity contribution in [2.24, 2.45) is 5.92 Å².